The fraction of sp³-hybridized carbons (Fsp3) is 0.857. The van der Waals surface area contributed by atoms with Gasteiger partial charge in [-0.05, 0) is 20.0 Å². The van der Waals surface area contributed by atoms with E-state index >= 15 is 0 Å². The van der Waals surface area contributed by atoms with Crippen LogP contribution in [-0.2, 0) is 4.79 Å². The van der Waals surface area contributed by atoms with Crippen LogP contribution in [0.3, 0.4) is 0 Å². The van der Waals surface area contributed by atoms with Crippen molar-refractivity contribution in [2.24, 2.45) is 5.92 Å². The summed E-state index contributed by atoms with van der Waals surface area (Å²) in [5.74, 6) is -0.760. The number of β-amino-alcohol motifs (C(OH)–C–C–N with tert-alkyl or cyclic N) is 1. The average Bonchev–Trinajstić information content (AvgIpc) is 2.75. The van der Waals surface area contributed by atoms with Gasteiger partial charge in [-0.3, -0.25) is 0 Å². The van der Waals surface area contributed by atoms with Gasteiger partial charge >= 0.3 is 12.0 Å². The normalized spacial score (nSPS) is 22.1. The molecule has 0 aromatic carbocycles. The minimum absolute atomic E-state index is 0.0896. The van der Waals surface area contributed by atoms with Gasteiger partial charge in [0.1, 0.15) is 6.04 Å². The molecule has 2 atom stereocenters. The number of carboxylic acid groups (broad SMARTS) is 1. The number of likely N-dealkylation sites (tertiary alicyclic amines) is 1. The fourth-order valence-corrected chi connectivity index (χ4v) is 2.47. The van der Waals surface area contributed by atoms with Crippen LogP contribution in [0, 0.1) is 5.92 Å². The smallest absolute Gasteiger partial charge is 0.326 e. The predicted octanol–water partition coefficient (Wildman–Crippen LogP) is 0.146. The average molecular weight is 301 g/mol. The third-order valence-corrected chi connectivity index (χ3v) is 3.48. The van der Waals surface area contributed by atoms with Gasteiger partial charge in [-0.1, -0.05) is 13.8 Å². The largest absolute Gasteiger partial charge is 0.480 e. The summed E-state index contributed by atoms with van der Waals surface area (Å²) in [5, 5.41) is 18.9. The van der Waals surface area contributed by atoms with E-state index in [1.165, 1.54) is 4.90 Å². The van der Waals surface area contributed by atoms with Crippen molar-refractivity contribution >= 4 is 12.0 Å². The van der Waals surface area contributed by atoms with Gasteiger partial charge in [0.15, 0.2) is 0 Å². The SMILES string of the molecule is CC(C)CN(CCN(C)C)C(=O)N1C[C@H](O)C[C@H]1C(=O)O. The number of nitrogens with zero attached hydrogens (tertiary/aromatic N) is 3. The zero-order chi connectivity index (χ0) is 16.2. The lowest BCUT2D eigenvalue weighted by Gasteiger charge is -2.32. The van der Waals surface area contributed by atoms with Gasteiger partial charge in [0.05, 0.1) is 6.10 Å². The van der Waals surface area contributed by atoms with Crippen molar-refractivity contribution in [1.82, 2.24) is 14.7 Å². The van der Waals surface area contributed by atoms with Crippen LogP contribution in [0.1, 0.15) is 20.3 Å². The van der Waals surface area contributed by atoms with Crippen LogP contribution in [0.25, 0.3) is 0 Å². The Labute approximate surface area is 126 Å². The molecule has 0 radical (unpaired) electrons. The maximum absolute atomic E-state index is 12.6. The topological polar surface area (TPSA) is 84.3 Å². The van der Waals surface area contributed by atoms with Crippen LogP contribution in [0.4, 0.5) is 4.79 Å². The molecule has 1 saturated heterocycles. The number of aliphatic carboxylic acids is 1. The molecule has 0 spiro atoms. The Bertz CT molecular complexity index is 373. The summed E-state index contributed by atoms with van der Waals surface area (Å²) in [6, 6.07) is -1.23. The maximum atomic E-state index is 12.6. The van der Waals surface area contributed by atoms with E-state index in [1.54, 1.807) is 4.90 Å². The number of aliphatic hydroxyl groups excluding tert-OH is 1. The summed E-state index contributed by atoms with van der Waals surface area (Å²) >= 11 is 0. The number of hydrogen-bond acceptors (Lipinski definition) is 4. The van der Waals surface area contributed by atoms with Crippen LogP contribution >= 0.6 is 0 Å². The molecule has 1 heterocycles. The monoisotopic (exact) mass is 301 g/mol. The van der Waals surface area contributed by atoms with Gasteiger partial charge in [0.2, 0.25) is 0 Å². The quantitative estimate of drug-likeness (QED) is 0.729. The highest BCUT2D eigenvalue weighted by Gasteiger charge is 2.40. The van der Waals surface area contributed by atoms with Crippen molar-refractivity contribution < 1.29 is 19.8 Å². The van der Waals surface area contributed by atoms with Crippen LogP contribution in [0.15, 0.2) is 0 Å². The molecule has 0 aromatic rings. The van der Waals surface area contributed by atoms with E-state index in [1.807, 2.05) is 32.8 Å². The number of carboxylic acids is 1. The van der Waals surface area contributed by atoms with E-state index in [4.69, 9.17) is 0 Å². The minimum Gasteiger partial charge on any atom is -0.480 e. The van der Waals surface area contributed by atoms with Gasteiger partial charge in [0.25, 0.3) is 0 Å². The molecule has 21 heavy (non-hydrogen) atoms. The van der Waals surface area contributed by atoms with E-state index in [2.05, 4.69) is 0 Å². The lowest BCUT2D eigenvalue weighted by molar-refractivity contribution is -0.141. The van der Waals surface area contributed by atoms with Crippen LogP contribution in [0.5, 0.6) is 0 Å². The Morgan fingerprint density at radius 2 is 1.90 bits per heavy atom. The van der Waals surface area contributed by atoms with E-state index < -0.39 is 18.1 Å². The summed E-state index contributed by atoms with van der Waals surface area (Å²) in [5.41, 5.74) is 0. The van der Waals surface area contributed by atoms with E-state index in [9.17, 15) is 19.8 Å². The fourth-order valence-electron chi connectivity index (χ4n) is 2.47. The van der Waals surface area contributed by atoms with Gasteiger partial charge in [0, 0.05) is 32.6 Å². The standard InChI is InChI=1S/C14H27N3O4/c1-10(2)8-16(6-5-15(3)4)14(21)17-9-11(18)7-12(17)13(19)20/h10-12,18H,5-9H2,1-4H3,(H,19,20)/t11-,12+/m1/s1. The third-order valence-electron chi connectivity index (χ3n) is 3.48. The first-order valence-corrected chi connectivity index (χ1v) is 7.33. The Hall–Kier alpha value is -1.34. The molecule has 0 saturated carbocycles. The van der Waals surface area contributed by atoms with Crippen molar-refractivity contribution in [3.05, 3.63) is 0 Å². The first-order chi connectivity index (χ1) is 9.72. The van der Waals surface area contributed by atoms with Gasteiger partial charge in [-0.2, -0.15) is 0 Å². The Morgan fingerprint density at radius 1 is 1.29 bits per heavy atom. The Morgan fingerprint density at radius 3 is 2.38 bits per heavy atom. The summed E-state index contributed by atoms with van der Waals surface area (Å²) < 4.78 is 0. The molecule has 0 unspecified atom stereocenters. The lowest BCUT2D eigenvalue weighted by Crippen LogP contribution is -2.50. The van der Waals surface area contributed by atoms with Crippen molar-refractivity contribution in [2.75, 3.05) is 40.3 Å². The Kier molecular flexibility index (Phi) is 6.42. The van der Waals surface area contributed by atoms with E-state index in [0.717, 1.165) is 0 Å². The van der Waals surface area contributed by atoms with Crippen LogP contribution in [0.2, 0.25) is 0 Å². The van der Waals surface area contributed by atoms with Crippen molar-refractivity contribution in [3.8, 4) is 0 Å². The predicted molar refractivity (Wildman–Crippen MR) is 79.1 cm³/mol. The van der Waals surface area contributed by atoms with Gasteiger partial charge in [-0.25, -0.2) is 9.59 Å². The van der Waals surface area contributed by atoms with Crippen LogP contribution < -0.4 is 0 Å². The first kappa shape index (κ1) is 17.7. The maximum Gasteiger partial charge on any atom is 0.326 e. The molecule has 122 valence electrons. The second kappa shape index (κ2) is 7.61. The number of carbonyl (C=O) groups excluding carboxylic acids is 1. The Balaban J connectivity index is 2.80. The number of likely N-dealkylation sites (N-methyl/N-ethyl adjacent to an activating group) is 1. The highest BCUT2D eigenvalue weighted by Crippen LogP contribution is 2.20. The molecule has 0 aliphatic carbocycles. The molecule has 2 amide bonds. The van der Waals surface area contributed by atoms with Crippen molar-refractivity contribution in [3.63, 3.8) is 0 Å². The molecule has 1 fully saturated rings. The zero-order valence-corrected chi connectivity index (χ0v) is 13.3. The first-order valence-electron chi connectivity index (χ1n) is 7.33. The molecular formula is C14H27N3O4. The number of rotatable bonds is 6. The molecule has 2 N–H and O–H groups in total. The number of carbonyl (C=O) groups is 2. The minimum atomic E-state index is -1.06. The summed E-state index contributed by atoms with van der Waals surface area (Å²) in [6.07, 6.45) is -0.658. The molecule has 7 nitrogen and oxygen atoms in total. The summed E-state index contributed by atoms with van der Waals surface area (Å²) in [4.78, 5) is 28.8. The number of amides is 2. The highest BCUT2D eigenvalue weighted by atomic mass is 16.4. The number of urea groups is 1. The summed E-state index contributed by atoms with van der Waals surface area (Å²) in [6.45, 7) is 5.96. The molecular weight excluding hydrogens is 274 g/mol. The number of aliphatic hydroxyl groups is 1. The number of hydrogen-bond donors (Lipinski definition) is 2. The second-order valence-electron chi connectivity index (χ2n) is 6.32. The van der Waals surface area contributed by atoms with Crippen molar-refractivity contribution in [1.29, 1.82) is 0 Å². The molecule has 1 aliphatic heterocycles. The molecule has 1 aliphatic rings. The summed E-state index contributed by atoms with van der Waals surface area (Å²) in [7, 11) is 3.86. The van der Waals surface area contributed by atoms with Gasteiger partial charge in [-0.15, -0.1) is 0 Å². The van der Waals surface area contributed by atoms with Crippen LogP contribution in [-0.4, -0.2) is 89.3 Å². The molecule has 7 heteroatoms. The molecule has 1 rings (SSSR count). The molecule has 0 aromatic heterocycles. The van der Waals surface area contributed by atoms with E-state index in [0.29, 0.717) is 25.6 Å². The highest BCUT2D eigenvalue weighted by molar-refractivity contribution is 5.83. The molecule has 0 bridgehead atoms. The lowest BCUT2D eigenvalue weighted by atomic mass is 10.2. The second-order valence-corrected chi connectivity index (χ2v) is 6.32. The van der Waals surface area contributed by atoms with E-state index in [-0.39, 0.29) is 19.0 Å². The zero-order valence-electron chi connectivity index (χ0n) is 13.3. The van der Waals surface area contributed by atoms with Gasteiger partial charge < -0.3 is 24.9 Å². The van der Waals surface area contributed by atoms with Crippen molar-refractivity contribution in [2.45, 2.75) is 32.4 Å². The third kappa shape index (κ3) is 5.17.